The summed E-state index contributed by atoms with van der Waals surface area (Å²) in [5, 5.41) is 14.8. The van der Waals surface area contributed by atoms with Crippen LogP contribution in [0.15, 0.2) is 77.3 Å². The lowest BCUT2D eigenvalue weighted by Crippen LogP contribution is -2.29. The molecule has 0 saturated heterocycles. The highest BCUT2D eigenvalue weighted by atomic mass is 32.2. The van der Waals surface area contributed by atoms with Gasteiger partial charge in [0.05, 0.1) is 12.5 Å². The minimum Gasteiger partial charge on any atom is -0.346 e. The predicted octanol–water partition coefficient (Wildman–Crippen LogP) is 5.35. The van der Waals surface area contributed by atoms with Crippen LogP contribution >= 0.6 is 23.1 Å². The number of hydrogen-bond acceptors (Lipinski definition) is 5. The van der Waals surface area contributed by atoms with E-state index in [1.54, 1.807) is 23.1 Å². The monoisotopic (exact) mass is 448 g/mol. The van der Waals surface area contributed by atoms with Gasteiger partial charge in [0, 0.05) is 16.3 Å². The SMILES string of the molecule is Cc1ccc(-n2c(SCc3ccccc3)nnc2C(C)NC(=O)Cc2cccs2)cc1. The van der Waals surface area contributed by atoms with E-state index in [4.69, 9.17) is 0 Å². The Morgan fingerprint density at radius 1 is 1.06 bits per heavy atom. The highest BCUT2D eigenvalue weighted by Gasteiger charge is 2.21. The van der Waals surface area contributed by atoms with Crippen LogP contribution in [0, 0.1) is 6.92 Å². The summed E-state index contributed by atoms with van der Waals surface area (Å²) in [7, 11) is 0. The number of hydrogen-bond donors (Lipinski definition) is 1. The van der Waals surface area contributed by atoms with E-state index >= 15 is 0 Å². The third-order valence-electron chi connectivity index (χ3n) is 4.84. The van der Waals surface area contributed by atoms with Gasteiger partial charge in [-0.25, -0.2) is 0 Å². The van der Waals surface area contributed by atoms with E-state index in [0.717, 1.165) is 27.3 Å². The molecule has 0 aliphatic carbocycles. The number of nitrogens with one attached hydrogen (secondary N) is 1. The van der Waals surface area contributed by atoms with E-state index in [1.165, 1.54) is 11.1 Å². The van der Waals surface area contributed by atoms with Gasteiger partial charge in [0.15, 0.2) is 11.0 Å². The molecule has 0 spiro atoms. The number of benzene rings is 2. The van der Waals surface area contributed by atoms with Gasteiger partial charge in [-0.15, -0.1) is 21.5 Å². The highest BCUT2D eigenvalue weighted by Crippen LogP contribution is 2.27. The normalized spacial score (nSPS) is 11.9. The smallest absolute Gasteiger partial charge is 0.225 e. The molecule has 31 heavy (non-hydrogen) atoms. The molecule has 1 amide bonds. The molecular formula is C24H24N4OS2. The van der Waals surface area contributed by atoms with Gasteiger partial charge < -0.3 is 5.32 Å². The molecule has 0 aliphatic rings. The van der Waals surface area contributed by atoms with Crippen LogP contribution in [-0.2, 0) is 17.0 Å². The molecule has 2 heterocycles. The first-order valence-corrected chi connectivity index (χ1v) is 12.0. The van der Waals surface area contributed by atoms with Gasteiger partial charge >= 0.3 is 0 Å². The summed E-state index contributed by atoms with van der Waals surface area (Å²) >= 11 is 3.23. The summed E-state index contributed by atoms with van der Waals surface area (Å²) in [5.74, 6) is 1.50. The predicted molar refractivity (Wildman–Crippen MR) is 127 cm³/mol. The fraction of sp³-hybridized carbons (Fsp3) is 0.208. The molecule has 7 heteroatoms. The zero-order valence-electron chi connectivity index (χ0n) is 17.5. The first kappa shape index (κ1) is 21.3. The van der Waals surface area contributed by atoms with Crippen molar-refractivity contribution < 1.29 is 4.79 Å². The number of carbonyl (C=O) groups is 1. The van der Waals surface area contributed by atoms with Crippen molar-refractivity contribution >= 4 is 29.0 Å². The Labute approximate surface area is 190 Å². The van der Waals surface area contributed by atoms with Crippen LogP contribution in [0.5, 0.6) is 0 Å². The number of thioether (sulfide) groups is 1. The van der Waals surface area contributed by atoms with Crippen molar-refractivity contribution in [3.05, 3.63) is 93.9 Å². The Morgan fingerprint density at radius 2 is 1.84 bits per heavy atom. The maximum atomic E-state index is 12.5. The molecule has 0 aliphatic heterocycles. The average Bonchev–Trinajstić information content (AvgIpc) is 3.43. The second-order valence-corrected chi connectivity index (χ2v) is 9.31. The summed E-state index contributed by atoms with van der Waals surface area (Å²) in [4.78, 5) is 13.6. The van der Waals surface area contributed by atoms with Gasteiger partial charge in [0.1, 0.15) is 0 Å². The third-order valence-corrected chi connectivity index (χ3v) is 6.72. The van der Waals surface area contributed by atoms with Gasteiger partial charge in [-0.2, -0.15) is 0 Å². The van der Waals surface area contributed by atoms with E-state index in [-0.39, 0.29) is 11.9 Å². The Hall–Kier alpha value is -2.90. The second-order valence-electron chi connectivity index (χ2n) is 7.33. The van der Waals surface area contributed by atoms with Crippen molar-refractivity contribution in [3.63, 3.8) is 0 Å². The molecule has 4 rings (SSSR count). The number of rotatable bonds is 8. The van der Waals surface area contributed by atoms with Gasteiger partial charge in [0.25, 0.3) is 0 Å². The van der Waals surface area contributed by atoms with Gasteiger partial charge in [0.2, 0.25) is 5.91 Å². The van der Waals surface area contributed by atoms with Crippen molar-refractivity contribution in [2.75, 3.05) is 0 Å². The lowest BCUT2D eigenvalue weighted by molar-refractivity contribution is -0.121. The van der Waals surface area contributed by atoms with E-state index in [9.17, 15) is 4.79 Å². The van der Waals surface area contributed by atoms with E-state index in [0.29, 0.717) is 6.42 Å². The van der Waals surface area contributed by atoms with Gasteiger partial charge in [-0.05, 0) is 43.0 Å². The largest absolute Gasteiger partial charge is 0.346 e. The molecule has 2 aromatic heterocycles. The average molecular weight is 449 g/mol. The van der Waals surface area contributed by atoms with Crippen LogP contribution in [0.2, 0.25) is 0 Å². The molecule has 2 aromatic carbocycles. The number of amides is 1. The van der Waals surface area contributed by atoms with Crippen molar-refractivity contribution in [2.24, 2.45) is 0 Å². The van der Waals surface area contributed by atoms with Crippen LogP contribution in [0.3, 0.4) is 0 Å². The zero-order valence-corrected chi connectivity index (χ0v) is 19.1. The van der Waals surface area contributed by atoms with Crippen molar-refractivity contribution in [3.8, 4) is 5.69 Å². The lowest BCUT2D eigenvalue weighted by atomic mass is 10.2. The van der Waals surface area contributed by atoms with E-state index in [2.05, 4.69) is 58.8 Å². The van der Waals surface area contributed by atoms with Crippen LogP contribution in [0.25, 0.3) is 5.69 Å². The van der Waals surface area contributed by atoms with Gasteiger partial charge in [-0.1, -0.05) is 65.9 Å². The topological polar surface area (TPSA) is 59.8 Å². The zero-order chi connectivity index (χ0) is 21.6. The lowest BCUT2D eigenvalue weighted by Gasteiger charge is -2.16. The number of carbonyl (C=O) groups excluding carboxylic acids is 1. The van der Waals surface area contributed by atoms with E-state index < -0.39 is 0 Å². The van der Waals surface area contributed by atoms with E-state index in [1.807, 2.05) is 47.2 Å². The minimum atomic E-state index is -0.271. The summed E-state index contributed by atoms with van der Waals surface area (Å²) in [6.45, 7) is 4.02. The fourth-order valence-corrected chi connectivity index (χ4v) is 4.86. The molecule has 0 radical (unpaired) electrons. The second kappa shape index (κ2) is 9.94. The molecule has 5 nitrogen and oxygen atoms in total. The molecule has 1 unspecified atom stereocenters. The Bertz CT molecular complexity index is 1120. The standard InChI is InChI=1S/C24H24N4OS2/c1-17-10-12-20(13-11-17)28-23(18(2)25-22(29)15-21-9-6-14-30-21)26-27-24(28)31-16-19-7-4-3-5-8-19/h3-14,18H,15-16H2,1-2H3,(H,25,29). The highest BCUT2D eigenvalue weighted by molar-refractivity contribution is 7.98. The third kappa shape index (κ3) is 5.42. The van der Waals surface area contributed by atoms with Crippen molar-refractivity contribution in [1.82, 2.24) is 20.1 Å². The Kier molecular flexibility index (Phi) is 6.84. The van der Waals surface area contributed by atoms with Crippen LogP contribution in [-0.4, -0.2) is 20.7 Å². The molecule has 0 saturated carbocycles. The summed E-state index contributed by atoms with van der Waals surface area (Å²) < 4.78 is 2.04. The van der Waals surface area contributed by atoms with Crippen LogP contribution in [0.4, 0.5) is 0 Å². The first-order valence-electron chi connectivity index (χ1n) is 10.1. The number of aromatic nitrogens is 3. The Balaban J connectivity index is 1.57. The first-order chi connectivity index (χ1) is 15.1. The number of nitrogens with zero attached hydrogens (tertiary/aromatic N) is 3. The van der Waals surface area contributed by atoms with Crippen molar-refractivity contribution in [1.29, 1.82) is 0 Å². The summed E-state index contributed by atoms with van der Waals surface area (Å²) in [5.41, 5.74) is 3.40. The molecule has 4 aromatic rings. The molecule has 0 fully saturated rings. The molecule has 0 bridgehead atoms. The maximum Gasteiger partial charge on any atom is 0.225 e. The fourth-order valence-electron chi connectivity index (χ4n) is 3.24. The molecule has 158 valence electrons. The number of thiophene rings is 1. The Morgan fingerprint density at radius 3 is 2.55 bits per heavy atom. The van der Waals surface area contributed by atoms with Gasteiger partial charge in [-0.3, -0.25) is 9.36 Å². The van der Waals surface area contributed by atoms with Crippen LogP contribution in [0.1, 0.15) is 34.8 Å². The minimum absolute atomic E-state index is 0.0214. The molecule has 1 N–H and O–H groups in total. The maximum absolute atomic E-state index is 12.5. The summed E-state index contributed by atoms with van der Waals surface area (Å²) in [6, 6.07) is 22.2. The van der Waals surface area contributed by atoms with Crippen molar-refractivity contribution in [2.45, 2.75) is 37.2 Å². The number of aryl methyl sites for hydroxylation is 1. The quantitative estimate of drug-likeness (QED) is 0.369. The molecular weight excluding hydrogens is 424 g/mol. The summed E-state index contributed by atoms with van der Waals surface area (Å²) in [6.07, 6.45) is 0.371. The van der Waals surface area contributed by atoms with Crippen LogP contribution < -0.4 is 5.32 Å². The molecule has 1 atom stereocenters.